The summed E-state index contributed by atoms with van der Waals surface area (Å²) < 4.78 is 17.8. The number of aliphatic hydroxyl groups is 2. The van der Waals surface area contributed by atoms with Crippen molar-refractivity contribution in [2.75, 3.05) is 7.11 Å². The van der Waals surface area contributed by atoms with Crippen molar-refractivity contribution >= 4 is 11.9 Å². The van der Waals surface area contributed by atoms with Gasteiger partial charge in [-0.05, 0) is 17.7 Å². The molecule has 0 saturated carbocycles. The molecule has 2 atom stereocenters. The Kier molecular flexibility index (Phi) is 4.35. The second kappa shape index (κ2) is 5.56. The summed E-state index contributed by atoms with van der Waals surface area (Å²) in [5.41, 5.74) is 4.40. The molecule has 0 aromatic heterocycles. The average Bonchev–Trinajstić information content (AvgIpc) is 2.35. The van der Waals surface area contributed by atoms with Crippen LogP contribution >= 0.6 is 0 Å². The van der Waals surface area contributed by atoms with Gasteiger partial charge >= 0.3 is 5.97 Å². The Balaban J connectivity index is 3.04. The molecule has 0 radical (unpaired) electrons. The topological polar surface area (TPSA) is 110 Å². The number of aliphatic hydroxyl groups excluding tert-OH is 2. The highest BCUT2D eigenvalue weighted by atomic mass is 19.1. The van der Waals surface area contributed by atoms with Crippen molar-refractivity contribution in [3.63, 3.8) is 0 Å². The van der Waals surface area contributed by atoms with Crippen LogP contribution in [0, 0.1) is 5.82 Å². The summed E-state index contributed by atoms with van der Waals surface area (Å²) in [7, 11) is 1.10. The van der Waals surface area contributed by atoms with E-state index in [2.05, 4.69) is 4.74 Å². The highest BCUT2D eigenvalue weighted by Gasteiger charge is 2.24. The van der Waals surface area contributed by atoms with Crippen molar-refractivity contribution < 1.29 is 28.9 Å². The van der Waals surface area contributed by atoms with Crippen molar-refractivity contribution in [3.8, 4) is 0 Å². The molecule has 98 valence electrons. The number of primary amides is 1. The van der Waals surface area contributed by atoms with E-state index in [-0.39, 0.29) is 11.1 Å². The van der Waals surface area contributed by atoms with E-state index in [1.165, 1.54) is 6.07 Å². The first kappa shape index (κ1) is 14.1. The minimum Gasteiger partial charge on any atom is -0.465 e. The Bertz CT molecular complexity index is 477. The highest BCUT2D eigenvalue weighted by Crippen LogP contribution is 2.20. The quantitative estimate of drug-likeness (QED) is 0.629. The molecular formula is C11H12FNO5. The lowest BCUT2D eigenvalue weighted by Gasteiger charge is -2.15. The van der Waals surface area contributed by atoms with Crippen molar-refractivity contribution in [2.24, 2.45) is 5.73 Å². The van der Waals surface area contributed by atoms with Crippen LogP contribution in [0.25, 0.3) is 0 Å². The van der Waals surface area contributed by atoms with Gasteiger partial charge in [-0.3, -0.25) is 4.79 Å². The Morgan fingerprint density at radius 1 is 1.39 bits per heavy atom. The van der Waals surface area contributed by atoms with E-state index >= 15 is 0 Å². The SMILES string of the molecule is COC(=O)c1ccc(C(O)C(O)C(N)=O)cc1F. The first-order valence-corrected chi connectivity index (χ1v) is 4.91. The number of hydrogen-bond acceptors (Lipinski definition) is 5. The molecule has 0 aliphatic rings. The van der Waals surface area contributed by atoms with E-state index in [9.17, 15) is 24.2 Å². The summed E-state index contributed by atoms with van der Waals surface area (Å²) in [6.07, 6.45) is -3.52. The van der Waals surface area contributed by atoms with E-state index in [1.807, 2.05) is 0 Å². The van der Waals surface area contributed by atoms with Crippen molar-refractivity contribution in [3.05, 3.63) is 35.1 Å². The van der Waals surface area contributed by atoms with Gasteiger partial charge in [0.05, 0.1) is 12.7 Å². The molecular weight excluding hydrogens is 245 g/mol. The Labute approximate surface area is 102 Å². The lowest BCUT2D eigenvalue weighted by molar-refractivity contribution is -0.132. The maximum Gasteiger partial charge on any atom is 0.340 e. The van der Waals surface area contributed by atoms with Gasteiger partial charge in [-0.15, -0.1) is 0 Å². The average molecular weight is 257 g/mol. The van der Waals surface area contributed by atoms with Crippen LogP contribution in [-0.4, -0.2) is 35.3 Å². The van der Waals surface area contributed by atoms with Crippen LogP contribution in [0.2, 0.25) is 0 Å². The maximum absolute atomic E-state index is 13.5. The monoisotopic (exact) mass is 257 g/mol. The predicted octanol–water partition coefficient (Wildman–Crippen LogP) is -0.508. The molecule has 7 heteroatoms. The molecule has 0 heterocycles. The number of carbonyl (C=O) groups is 2. The fourth-order valence-electron chi connectivity index (χ4n) is 1.33. The number of hydrogen-bond donors (Lipinski definition) is 3. The second-order valence-electron chi connectivity index (χ2n) is 3.52. The summed E-state index contributed by atoms with van der Waals surface area (Å²) in [4.78, 5) is 21.8. The number of nitrogens with two attached hydrogens (primary N) is 1. The largest absolute Gasteiger partial charge is 0.465 e. The first-order chi connectivity index (χ1) is 8.38. The molecule has 0 spiro atoms. The molecule has 6 nitrogen and oxygen atoms in total. The normalized spacial score (nSPS) is 13.8. The first-order valence-electron chi connectivity index (χ1n) is 4.91. The van der Waals surface area contributed by atoms with Crippen LogP contribution in [0.3, 0.4) is 0 Å². The van der Waals surface area contributed by atoms with Gasteiger partial charge in [-0.2, -0.15) is 0 Å². The number of esters is 1. The zero-order valence-corrected chi connectivity index (χ0v) is 9.46. The predicted molar refractivity (Wildman–Crippen MR) is 57.9 cm³/mol. The smallest absolute Gasteiger partial charge is 0.340 e. The van der Waals surface area contributed by atoms with E-state index in [4.69, 9.17) is 5.73 Å². The zero-order valence-electron chi connectivity index (χ0n) is 9.46. The molecule has 2 unspecified atom stereocenters. The number of ether oxygens (including phenoxy) is 1. The standard InChI is InChI=1S/C11H12FNO5/c1-18-11(17)6-3-2-5(4-7(6)12)8(14)9(15)10(13)16/h2-4,8-9,14-15H,1H3,(H2,13,16). The van der Waals surface area contributed by atoms with Crippen LogP contribution in [-0.2, 0) is 9.53 Å². The van der Waals surface area contributed by atoms with Crippen molar-refractivity contribution in [2.45, 2.75) is 12.2 Å². The Morgan fingerprint density at radius 2 is 2.00 bits per heavy atom. The molecule has 1 rings (SSSR count). The molecule has 0 aliphatic heterocycles. The van der Waals surface area contributed by atoms with E-state index in [1.54, 1.807) is 0 Å². The summed E-state index contributed by atoms with van der Waals surface area (Å²) in [5, 5.41) is 18.8. The third kappa shape index (κ3) is 2.82. The summed E-state index contributed by atoms with van der Waals surface area (Å²) >= 11 is 0. The van der Waals surface area contributed by atoms with Gasteiger partial charge < -0.3 is 20.7 Å². The van der Waals surface area contributed by atoms with Crippen molar-refractivity contribution in [1.29, 1.82) is 0 Å². The molecule has 0 bridgehead atoms. The van der Waals surface area contributed by atoms with Crippen LogP contribution in [0.1, 0.15) is 22.0 Å². The number of benzene rings is 1. The molecule has 1 amide bonds. The van der Waals surface area contributed by atoms with Gasteiger partial charge in [-0.25, -0.2) is 9.18 Å². The van der Waals surface area contributed by atoms with Crippen molar-refractivity contribution in [1.82, 2.24) is 0 Å². The molecule has 0 saturated heterocycles. The minimum absolute atomic E-state index is 0.0774. The van der Waals surface area contributed by atoms with Gasteiger partial charge in [-0.1, -0.05) is 6.07 Å². The lowest BCUT2D eigenvalue weighted by Crippen LogP contribution is -2.33. The number of carbonyl (C=O) groups excluding carboxylic acids is 2. The zero-order chi connectivity index (χ0) is 13.9. The molecule has 4 N–H and O–H groups in total. The lowest BCUT2D eigenvalue weighted by atomic mass is 10.0. The van der Waals surface area contributed by atoms with Crippen LogP contribution in [0.15, 0.2) is 18.2 Å². The number of methoxy groups -OCH3 is 1. The van der Waals surface area contributed by atoms with E-state index in [0.717, 1.165) is 19.2 Å². The van der Waals surface area contributed by atoms with Gasteiger partial charge in [0.15, 0.2) is 6.10 Å². The third-order valence-electron chi connectivity index (χ3n) is 2.33. The Morgan fingerprint density at radius 3 is 2.44 bits per heavy atom. The number of rotatable bonds is 4. The molecule has 1 aromatic carbocycles. The van der Waals surface area contributed by atoms with Crippen LogP contribution < -0.4 is 5.73 Å². The molecule has 0 fully saturated rings. The van der Waals surface area contributed by atoms with Gasteiger partial charge in [0, 0.05) is 0 Å². The summed E-state index contributed by atoms with van der Waals surface area (Å²) in [5.74, 6) is -2.95. The second-order valence-corrected chi connectivity index (χ2v) is 3.52. The van der Waals surface area contributed by atoms with Crippen LogP contribution in [0.5, 0.6) is 0 Å². The molecule has 0 aliphatic carbocycles. The number of halogens is 1. The fourth-order valence-corrected chi connectivity index (χ4v) is 1.33. The Hall–Kier alpha value is -1.99. The number of amides is 1. The molecule has 18 heavy (non-hydrogen) atoms. The maximum atomic E-state index is 13.5. The van der Waals surface area contributed by atoms with E-state index in [0.29, 0.717) is 0 Å². The van der Waals surface area contributed by atoms with E-state index < -0.39 is 29.9 Å². The third-order valence-corrected chi connectivity index (χ3v) is 2.33. The fraction of sp³-hybridized carbons (Fsp3) is 0.273. The van der Waals surface area contributed by atoms with Gasteiger partial charge in [0.25, 0.3) is 0 Å². The summed E-state index contributed by atoms with van der Waals surface area (Å²) in [6, 6.07) is 3.09. The van der Waals surface area contributed by atoms with Gasteiger partial charge in [0.2, 0.25) is 5.91 Å². The van der Waals surface area contributed by atoms with Crippen LogP contribution in [0.4, 0.5) is 4.39 Å². The highest BCUT2D eigenvalue weighted by molar-refractivity contribution is 5.89. The summed E-state index contributed by atoms with van der Waals surface area (Å²) in [6.45, 7) is 0. The molecule has 1 aromatic rings. The van der Waals surface area contributed by atoms with Gasteiger partial charge in [0.1, 0.15) is 11.9 Å². The minimum atomic E-state index is -1.85.